The lowest BCUT2D eigenvalue weighted by molar-refractivity contribution is 0.442. The van der Waals surface area contributed by atoms with Crippen LogP contribution in [0.1, 0.15) is 18.5 Å². The number of anilines is 1. The maximum Gasteiger partial charge on any atom is 0.0975 e. The van der Waals surface area contributed by atoms with Crippen molar-refractivity contribution in [2.45, 2.75) is 12.8 Å². The van der Waals surface area contributed by atoms with E-state index in [4.69, 9.17) is 5.73 Å². The van der Waals surface area contributed by atoms with Crippen molar-refractivity contribution in [1.82, 2.24) is 4.98 Å². The minimum atomic E-state index is -0.378. The zero-order chi connectivity index (χ0) is 8.27. The van der Waals surface area contributed by atoms with Crippen LogP contribution in [0.25, 0.3) is 0 Å². The van der Waals surface area contributed by atoms with E-state index in [-0.39, 0.29) is 12.6 Å². The smallest absolute Gasteiger partial charge is 0.0975 e. The summed E-state index contributed by atoms with van der Waals surface area (Å²) < 4.78 is 12.1. The molecule has 2 N–H and O–H groups in total. The quantitative estimate of drug-likeness (QED) is 0.704. The van der Waals surface area contributed by atoms with Crippen LogP contribution in [0.2, 0.25) is 0 Å². The number of halogens is 1. The van der Waals surface area contributed by atoms with Crippen molar-refractivity contribution in [3.8, 4) is 0 Å². The van der Waals surface area contributed by atoms with Gasteiger partial charge in [-0.2, -0.15) is 0 Å². The van der Waals surface area contributed by atoms with E-state index in [1.807, 2.05) is 0 Å². The molecule has 0 aliphatic carbocycles. The van der Waals surface area contributed by atoms with E-state index in [2.05, 4.69) is 4.98 Å². The lowest BCUT2D eigenvalue weighted by Gasteiger charge is -2.04. The van der Waals surface area contributed by atoms with Crippen LogP contribution < -0.4 is 5.73 Å². The summed E-state index contributed by atoms with van der Waals surface area (Å²) in [5, 5.41) is 0. The number of rotatable bonds is 2. The third-order valence-electron chi connectivity index (χ3n) is 1.55. The van der Waals surface area contributed by atoms with Crippen LogP contribution in [-0.4, -0.2) is 11.7 Å². The number of pyridine rings is 1. The molecule has 0 fully saturated rings. The molecule has 0 aliphatic heterocycles. The predicted molar refractivity (Wildman–Crippen MR) is 43.0 cm³/mol. The largest absolute Gasteiger partial charge is 0.397 e. The minimum absolute atomic E-state index is 0.129. The van der Waals surface area contributed by atoms with Crippen LogP contribution in [0.15, 0.2) is 18.3 Å². The zero-order valence-electron chi connectivity index (χ0n) is 6.42. The second-order valence-electron chi connectivity index (χ2n) is 2.57. The standard InChI is InChI=1S/C8H11FN2/c1-6(4-9)8-3-2-7(10)5-11-8/h2-3,5-6H,4,10H2,1H3. The molecule has 0 radical (unpaired) electrons. The lowest BCUT2D eigenvalue weighted by Crippen LogP contribution is -1.99. The molecule has 1 aromatic heterocycles. The van der Waals surface area contributed by atoms with Crippen LogP contribution in [0, 0.1) is 0 Å². The summed E-state index contributed by atoms with van der Waals surface area (Å²) in [4.78, 5) is 3.98. The SMILES string of the molecule is CC(CF)c1ccc(N)cn1. The van der Waals surface area contributed by atoms with Crippen molar-refractivity contribution in [3.05, 3.63) is 24.0 Å². The first-order valence-electron chi connectivity index (χ1n) is 3.51. The Balaban J connectivity index is 2.81. The average molecular weight is 154 g/mol. The number of nitrogen functional groups attached to an aromatic ring is 1. The maximum atomic E-state index is 12.1. The number of aromatic nitrogens is 1. The van der Waals surface area contributed by atoms with Crippen molar-refractivity contribution < 1.29 is 4.39 Å². The van der Waals surface area contributed by atoms with Crippen molar-refractivity contribution in [2.75, 3.05) is 12.4 Å². The number of hydrogen-bond donors (Lipinski definition) is 1. The van der Waals surface area contributed by atoms with Gasteiger partial charge in [-0.15, -0.1) is 0 Å². The Labute approximate surface area is 65.3 Å². The summed E-state index contributed by atoms with van der Waals surface area (Å²) in [5.74, 6) is -0.129. The first kappa shape index (κ1) is 7.98. The zero-order valence-corrected chi connectivity index (χ0v) is 6.42. The van der Waals surface area contributed by atoms with E-state index in [1.54, 1.807) is 25.3 Å². The minimum Gasteiger partial charge on any atom is -0.397 e. The number of alkyl halides is 1. The van der Waals surface area contributed by atoms with Crippen LogP contribution in [-0.2, 0) is 0 Å². The Kier molecular flexibility index (Phi) is 2.41. The van der Waals surface area contributed by atoms with E-state index in [0.717, 1.165) is 5.69 Å². The molecule has 1 rings (SSSR count). The molecular formula is C8H11FN2. The van der Waals surface area contributed by atoms with Gasteiger partial charge in [-0.1, -0.05) is 6.92 Å². The van der Waals surface area contributed by atoms with Crippen LogP contribution in [0.3, 0.4) is 0 Å². The van der Waals surface area contributed by atoms with Crippen LogP contribution in [0.5, 0.6) is 0 Å². The molecule has 0 aromatic carbocycles. The number of nitrogens with zero attached hydrogens (tertiary/aromatic N) is 1. The van der Waals surface area contributed by atoms with Gasteiger partial charge in [0.1, 0.15) is 0 Å². The van der Waals surface area contributed by atoms with Gasteiger partial charge in [-0.05, 0) is 12.1 Å². The molecule has 1 aromatic rings. The first-order chi connectivity index (χ1) is 5.24. The third kappa shape index (κ3) is 1.90. The fourth-order valence-electron chi connectivity index (χ4n) is 0.787. The second-order valence-corrected chi connectivity index (χ2v) is 2.57. The molecule has 1 atom stereocenters. The van der Waals surface area contributed by atoms with Gasteiger partial charge in [-0.25, -0.2) is 0 Å². The fourth-order valence-corrected chi connectivity index (χ4v) is 0.787. The van der Waals surface area contributed by atoms with Gasteiger partial charge >= 0.3 is 0 Å². The highest BCUT2D eigenvalue weighted by molar-refractivity contribution is 5.35. The molecule has 11 heavy (non-hydrogen) atoms. The van der Waals surface area contributed by atoms with Gasteiger partial charge in [0.2, 0.25) is 0 Å². The Bertz CT molecular complexity index is 220. The van der Waals surface area contributed by atoms with E-state index in [9.17, 15) is 4.39 Å². The molecule has 0 aliphatic rings. The highest BCUT2D eigenvalue weighted by atomic mass is 19.1. The topological polar surface area (TPSA) is 38.9 Å². The predicted octanol–water partition coefficient (Wildman–Crippen LogP) is 1.74. The maximum absolute atomic E-state index is 12.1. The monoisotopic (exact) mass is 154 g/mol. The second kappa shape index (κ2) is 3.32. The molecule has 0 bridgehead atoms. The number of nitrogens with two attached hydrogens (primary N) is 1. The molecule has 0 amide bonds. The first-order valence-corrected chi connectivity index (χ1v) is 3.51. The summed E-state index contributed by atoms with van der Waals surface area (Å²) in [5.41, 5.74) is 6.77. The molecule has 1 unspecified atom stereocenters. The van der Waals surface area contributed by atoms with Gasteiger partial charge in [0, 0.05) is 11.6 Å². The van der Waals surface area contributed by atoms with Crippen LogP contribution >= 0.6 is 0 Å². The summed E-state index contributed by atoms with van der Waals surface area (Å²) in [7, 11) is 0. The molecule has 0 saturated carbocycles. The highest BCUT2D eigenvalue weighted by Gasteiger charge is 2.04. The Morgan fingerprint density at radius 3 is 2.82 bits per heavy atom. The molecule has 1 heterocycles. The molecule has 0 spiro atoms. The third-order valence-corrected chi connectivity index (χ3v) is 1.55. The van der Waals surface area contributed by atoms with Gasteiger partial charge in [0.25, 0.3) is 0 Å². The summed E-state index contributed by atoms with van der Waals surface area (Å²) >= 11 is 0. The molecule has 60 valence electrons. The lowest BCUT2D eigenvalue weighted by atomic mass is 10.1. The summed E-state index contributed by atoms with van der Waals surface area (Å²) in [6, 6.07) is 3.48. The molecular weight excluding hydrogens is 143 g/mol. The molecule has 3 heteroatoms. The Hall–Kier alpha value is -1.12. The van der Waals surface area contributed by atoms with Crippen molar-refractivity contribution in [1.29, 1.82) is 0 Å². The molecule has 0 saturated heterocycles. The van der Waals surface area contributed by atoms with Gasteiger partial charge in [-0.3, -0.25) is 9.37 Å². The Morgan fingerprint density at radius 2 is 2.36 bits per heavy atom. The summed E-state index contributed by atoms with van der Waals surface area (Å²) in [6.07, 6.45) is 1.54. The fraction of sp³-hybridized carbons (Fsp3) is 0.375. The summed E-state index contributed by atoms with van der Waals surface area (Å²) in [6.45, 7) is 1.41. The average Bonchev–Trinajstić information content (AvgIpc) is 2.05. The van der Waals surface area contributed by atoms with Gasteiger partial charge in [0.05, 0.1) is 18.6 Å². The van der Waals surface area contributed by atoms with E-state index in [1.165, 1.54) is 0 Å². The van der Waals surface area contributed by atoms with Crippen molar-refractivity contribution >= 4 is 5.69 Å². The normalized spacial score (nSPS) is 12.9. The van der Waals surface area contributed by atoms with Crippen molar-refractivity contribution in [3.63, 3.8) is 0 Å². The Morgan fingerprint density at radius 1 is 1.64 bits per heavy atom. The molecule has 2 nitrogen and oxygen atoms in total. The van der Waals surface area contributed by atoms with E-state index in [0.29, 0.717) is 5.69 Å². The van der Waals surface area contributed by atoms with Crippen LogP contribution in [0.4, 0.5) is 10.1 Å². The van der Waals surface area contributed by atoms with Gasteiger partial charge < -0.3 is 5.73 Å². The van der Waals surface area contributed by atoms with E-state index >= 15 is 0 Å². The van der Waals surface area contributed by atoms with E-state index < -0.39 is 0 Å². The van der Waals surface area contributed by atoms with Crippen molar-refractivity contribution in [2.24, 2.45) is 0 Å². The van der Waals surface area contributed by atoms with Gasteiger partial charge in [0.15, 0.2) is 0 Å². The number of hydrogen-bond acceptors (Lipinski definition) is 2. The highest BCUT2D eigenvalue weighted by Crippen LogP contribution is 2.13.